The van der Waals surface area contributed by atoms with Gasteiger partial charge in [-0.25, -0.2) is 4.98 Å². The largest absolute Gasteiger partial charge is 0.286 e. The van der Waals surface area contributed by atoms with Crippen molar-refractivity contribution in [2.45, 2.75) is 20.3 Å². The molecule has 112 valence electrons. The zero-order valence-corrected chi connectivity index (χ0v) is 13.0. The first-order valence-corrected chi connectivity index (χ1v) is 9.43. The monoisotopic (exact) mass is 331 g/mol. The molecule has 0 aliphatic carbocycles. The summed E-state index contributed by atoms with van der Waals surface area (Å²) in [5.41, 5.74) is 3.12. The van der Waals surface area contributed by atoms with Gasteiger partial charge in [-0.15, -0.1) is 11.3 Å². The molecule has 0 fully saturated rings. The zero-order chi connectivity index (χ0) is 15.1. The highest BCUT2D eigenvalue weighted by molar-refractivity contribution is 7.89. The molecule has 0 saturated carbocycles. The van der Waals surface area contributed by atoms with Crippen LogP contribution in [0.3, 0.4) is 0 Å². The van der Waals surface area contributed by atoms with Gasteiger partial charge in [0.2, 0.25) is 0 Å². The molecule has 1 aromatic rings. The number of aromatic nitrogens is 1. The minimum Gasteiger partial charge on any atom is -0.286 e. The number of hydrogen-bond donors (Lipinski definition) is 2. The maximum Gasteiger partial charge on any atom is 0.265 e. The molecule has 1 rings (SSSR count). The summed E-state index contributed by atoms with van der Waals surface area (Å²) in [6, 6.07) is 0. The summed E-state index contributed by atoms with van der Waals surface area (Å²) in [5.74, 6) is -1.23. The van der Waals surface area contributed by atoms with Crippen LogP contribution in [0, 0.1) is 5.92 Å². The van der Waals surface area contributed by atoms with Gasteiger partial charge in [0.25, 0.3) is 20.2 Å². The van der Waals surface area contributed by atoms with Crippen LogP contribution in [0.1, 0.15) is 19.5 Å². The Balaban J connectivity index is 0.000000342. The van der Waals surface area contributed by atoms with Crippen molar-refractivity contribution in [1.29, 1.82) is 0 Å². The van der Waals surface area contributed by atoms with Gasteiger partial charge < -0.3 is 0 Å². The summed E-state index contributed by atoms with van der Waals surface area (Å²) in [4.78, 5) is 4.17. The Morgan fingerprint density at radius 3 is 1.89 bits per heavy atom. The molecular formula is C9H17NO6S3. The average molecular weight is 331 g/mol. The van der Waals surface area contributed by atoms with E-state index in [1.807, 2.05) is 5.51 Å². The molecule has 0 unspecified atom stereocenters. The van der Waals surface area contributed by atoms with E-state index in [2.05, 4.69) is 24.2 Å². The second kappa shape index (κ2) is 7.90. The summed E-state index contributed by atoms with van der Waals surface area (Å²) in [5, 5.41) is 2.11. The molecule has 0 atom stereocenters. The maximum absolute atomic E-state index is 9.86. The van der Waals surface area contributed by atoms with Crippen LogP contribution in [0.5, 0.6) is 0 Å². The van der Waals surface area contributed by atoms with Gasteiger partial charge in [-0.05, 0) is 12.3 Å². The Morgan fingerprint density at radius 2 is 1.63 bits per heavy atom. The second-order valence-corrected chi connectivity index (χ2v) is 8.01. The molecule has 0 aromatic carbocycles. The van der Waals surface area contributed by atoms with Crippen LogP contribution in [0.25, 0.3) is 0 Å². The molecule has 0 aliphatic heterocycles. The van der Waals surface area contributed by atoms with E-state index in [1.54, 1.807) is 11.3 Å². The van der Waals surface area contributed by atoms with Gasteiger partial charge in [0.05, 0.1) is 22.7 Å². The first kappa shape index (κ1) is 18.4. The summed E-state index contributed by atoms with van der Waals surface area (Å²) in [6.07, 6.45) is 1.11. The minimum absolute atomic E-state index is 0.729. The van der Waals surface area contributed by atoms with Gasteiger partial charge >= 0.3 is 0 Å². The Kier molecular flexibility index (Phi) is 7.67. The van der Waals surface area contributed by atoms with Gasteiger partial charge in [0, 0.05) is 5.38 Å². The standard InChI is InChI=1S/C7H11NS.C2H6O6S2/c1-6(2)3-7-4-9-5-8-7;3-9(4,5)1-2-10(6,7)8/h4-6H,3H2,1-2H3;1-2H2,(H,3,4,5)(H,6,7,8). The molecule has 0 amide bonds. The Hall–Kier alpha value is -0.550. The van der Waals surface area contributed by atoms with E-state index in [9.17, 15) is 16.8 Å². The number of thiazole rings is 1. The Bertz CT molecular complexity index is 515. The normalized spacial score (nSPS) is 12.1. The molecule has 0 saturated heterocycles. The molecule has 0 bridgehead atoms. The van der Waals surface area contributed by atoms with Crippen molar-refractivity contribution in [3.63, 3.8) is 0 Å². The third-order valence-corrected chi connectivity index (χ3v) is 4.03. The van der Waals surface area contributed by atoms with E-state index in [0.29, 0.717) is 0 Å². The molecule has 1 aromatic heterocycles. The highest BCUT2D eigenvalue weighted by atomic mass is 32.2. The van der Waals surface area contributed by atoms with E-state index < -0.39 is 31.7 Å². The van der Waals surface area contributed by atoms with Crippen molar-refractivity contribution in [2.75, 3.05) is 11.5 Å². The van der Waals surface area contributed by atoms with Crippen LogP contribution in [-0.4, -0.2) is 42.4 Å². The van der Waals surface area contributed by atoms with E-state index in [4.69, 9.17) is 9.11 Å². The van der Waals surface area contributed by atoms with Crippen molar-refractivity contribution < 1.29 is 25.9 Å². The van der Waals surface area contributed by atoms with E-state index in [1.165, 1.54) is 5.69 Å². The van der Waals surface area contributed by atoms with Gasteiger partial charge in [0.1, 0.15) is 0 Å². The maximum atomic E-state index is 9.86. The second-order valence-electron chi connectivity index (χ2n) is 4.15. The van der Waals surface area contributed by atoms with Crippen molar-refractivity contribution in [3.8, 4) is 0 Å². The molecular weight excluding hydrogens is 314 g/mol. The van der Waals surface area contributed by atoms with Crippen molar-refractivity contribution in [1.82, 2.24) is 4.98 Å². The lowest BCUT2D eigenvalue weighted by molar-refractivity contribution is 0.472. The van der Waals surface area contributed by atoms with Gasteiger partial charge in [0.15, 0.2) is 0 Å². The fourth-order valence-corrected chi connectivity index (χ4v) is 3.22. The number of hydrogen-bond acceptors (Lipinski definition) is 6. The van der Waals surface area contributed by atoms with Crippen LogP contribution in [0.2, 0.25) is 0 Å². The molecule has 7 nitrogen and oxygen atoms in total. The molecule has 2 N–H and O–H groups in total. The quantitative estimate of drug-likeness (QED) is 0.775. The SMILES string of the molecule is CC(C)Cc1cscn1.O=S(=O)(O)CCS(=O)(=O)O. The van der Waals surface area contributed by atoms with Crippen molar-refractivity contribution >= 4 is 31.6 Å². The highest BCUT2D eigenvalue weighted by Crippen LogP contribution is 2.07. The summed E-state index contributed by atoms with van der Waals surface area (Å²) >= 11 is 1.67. The predicted octanol–water partition coefficient (Wildman–Crippen LogP) is 1.10. The predicted molar refractivity (Wildman–Crippen MR) is 73.5 cm³/mol. The number of rotatable bonds is 5. The summed E-state index contributed by atoms with van der Waals surface area (Å²) in [6.45, 7) is 4.42. The first-order chi connectivity index (χ1) is 8.49. The molecule has 0 radical (unpaired) electrons. The van der Waals surface area contributed by atoms with Crippen molar-refractivity contribution in [2.24, 2.45) is 5.92 Å². The third-order valence-electron chi connectivity index (χ3n) is 1.70. The smallest absolute Gasteiger partial charge is 0.265 e. The lowest BCUT2D eigenvalue weighted by Gasteiger charge is -1.97. The molecule has 1 heterocycles. The molecule has 19 heavy (non-hydrogen) atoms. The van der Waals surface area contributed by atoms with E-state index in [-0.39, 0.29) is 0 Å². The Labute approximate surface area is 117 Å². The topological polar surface area (TPSA) is 122 Å². The Morgan fingerprint density at radius 1 is 1.16 bits per heavy atom. The van der Waals surface area contributed by atoms with Crippen LogP contribution in [-0.2, 0) is 26.7 Å². The summed E-state index contributed by atoms with van der Waals surface area (Å²) < 4.78 is 55.4. The van der Waals surface area contributed by atoms with E-state index >= 15 is 0 Å². The van der Waals surface area contributed by atoms with Gasteiger partial charge in [-0.1, -0.05) is 13.8 Å². The van der Waals surface area contributed by atoms with E-state index in [0.717, 1.165) is 12.3 Å². The van der Waals surface area contributed by atoms with Crippen LogP contribution < -0.4 is 0 Å². The number of nitrogens with zero attached hydrogens (tertiary/aromatic N) is 1. The average Bonchev–Trinajstić information content (AvgIpc) is 2.65. The van der Waals surface area contributed by atoms with Crippen LogP contribution >= 0.6 is 11.3 Å². The fourth-order valence-electron chi connectivity index (χ4n) is 0.967. The van der Waals surface area contributed by atoms with Crippen molar-refractivity contribution in [3.05, 3.63) is 16.6 Å². The molecule has 0 spiro atoms. The first-order valence-electron chi connectivity index (χ1n) is 5.27. The lowest BCUT2D eigenvalue weighted by Crippen LogP contribution is -2.15. The molecule has 0 aliphatic rings. The molecule has 10 heteroatoms. The fraction of sp³-hybridized carbons (Fsp3) is 0.667. The highest BCUT2D eigenvalue weighted by Gasteiger charge is 2.11. The van der Waals surface area contributed by atoms with Crippen LogP contribution in [0.4, 0.5) is 0 Å². The summed E-state index contributed by atoms with van der Waals surface area (Å²) in [7, 11) is -8.59. The van der Waals surface area contributed by atoms with Gasteiger partial charge in [-0.2, -0.15) is 16.8 Å². The lowest BCUT2D eigenvalue weighted by atomic mass is 10.1. The van der Waals surface area contributed by atoms with Crippen LogP contribution in [0.15, 0.2) is 10.9 Å². The zero-order valence-electron chi connectivity index (χ0n) is 10.6. The minimum atomic E-state index is -4.30. The van der Waals surface area contributed by atoms with Gasteiger partial charge in [-0.3, -0.25) is 9.11 Å². The third kappa shape index (κ3) is 13.7.